The first-order chi connectivity index (χ1) is 10.2. The minimum absolute atomic E-state index is 0.109. The van der Waals surface area contributed by atoms with Crippen LogP contribution >= 0.6 is 11.6 Å². The first kappa shape index (κ1) is 13.3. The molecule has 0 atom stereocenters. The fraction of sp³-hybridized carbons (Fsp3) is 0. The summed E-state index contributed by atoms with van der Waals surface area (Å²) in [4.78, 5) is 4.22. The van der Waals surface area contributed by atoms with Gasteiger partial charge in [0, 0.05) is 5.56 Å². The SMILES string of the molecule is N#CC(=Cc1c(F)cccc1Cl)c1nc2ccccc2o1. The molecule has 0 spiro atoms. The number of hydrogen-bond donors (Lipinski definition) is 0. The van der Waals surface area contributed by atoms with Gasteiger partial charge in [0.1, 0.15) is 23.0 Å². The first-order valence-corrected chi connectivity index (χ1v) is 6.48. The van der Waals surface area contributed by atoms with Gasteiger partial charge in [-0.15, -0.1) is 0 Å². The fourth-order valence-electron chi connectivity index (χ4n) is 1.92. The Morgan fingerprint density at radius 1 is 1.24 bits per heavy atom. The maximum absolute atomic E-state index is 13.8. The summed E-state index contributed by atoms with van der Waals surface area (Å²) in [5, 5.41) is 9.49. The van der Waals surface area contributed by atoms with E-state index in [4.69, 9.17) is 16.0 Å². The Balaban J connectivity index is 2.14. The zero-order valence-electron chi connectivity index (χ0n) is 10.7. The van der Waals surface area contributed by atoms with Crippen LogP contribution in [0.2, 0.25) is 5.02 Å². The number of nitriles is 1. The van der Waals surface area contributed by atoms with Gasteiger partial charge in [-0.25, -0.2) is 9.37 Å². The lowest BCUT2D eigenvalue weighted by Crippen LogP contribution is -1.86. The summed E-state index contributed by atoms with van der Waals surface area (Å²) >= 11 is 5.95. The van der Waals surface area contributed by atoms with Crippen LogP contribution in [0.1, 0.15) is 11.5 Å². The Morgan fingerprint density at radius 2 is 2.05 bits per heavy atom. The molecule has 0 bridgehead atoms. The van der Waals surface area contributed by atoms with Gasteiger partial charge in [0.2, 0.25) is 5.89 Å². The smallest absolute Gasteiger partial charge is 0.238 e. The van der Waals surface area contributed by atoms with Crippen LogP contribution in [0.5, 0.6) is 0 Å². The van der Waals surface area contributed by atoms with Crippen molar-refractivity contribution in [2.24, 2.45) is 0 Å². The molecular formula is C16H8ClFN2O. The second-order valence-electron chi connectivity index (χ2n) is 4.29. The molecule has 21 heavy (non-hydrogen) atoms. The Kier molecular flexibility index (Phi) is 3.43. The number of aromatic nitrogens is 1. The molecule has 0 aliphatic carbocycles. The lowest BCUT2D eigenvalue weighted by atomic mass is 10.1. The minimum atomic E-state index is -0.508. The lowest BCUT2D eigenvalue weighted by Gasteiger charge is -2.00. The summed E-state index contributed by atoms with van der Waals surface area (Å²) < 4.78 is 19.3. The van der Waals surface area contributed by atoms with Crippen molar-refractivity contribution < 1.29 is 8.81 Å². The van der Waals surface area contributed by atoms with E-state index in [2.05, 4.69) is 4.98 Å². The monoisotopic (exact) mass is 298 g/mol. The molecular weight excluding hydrogens is 291 g/mol. The number of halogens is 2. The summed E-state index contributed by atoms with van der Waals surface area (Å²) in [5.41, 5.74) is 1.44. The second kappa shape index (κ2) is 5.39. The number of allylic oxidation sites excluding steroid dienone is 1. The highest BCUT2D eigenvalue weighted by Gasteiger charge is 2.13. The number of benzene rings is 2. The van der Waals surface area contributed by atoms with Crippen molar-refractivity contribution in [3.63, 3.8) is 0 Å². The van der Waals surface area contributed by atoms with Gasteiger partial charge in [-0.05, 0) is 30.3 Å². The van der Waals surface area contributed by atoms with E-state index in [1.54, 1.807) is 24.3 Å². The van der Waals surface area contributed by atoms with E-state index in [0.717, 1.165) is 0 Å². The largest absolute Gasteiger partial charge is 0.435 e. The molecule has 0 radical (unpaired) electrons. The second-order valence-corrected chi connectivity index (χ2v) is 4.70. The topological polar surface area (TPSA) is 49.8 Å². The quantitative estimate of drug-likeness (QED) is 0.645. The highest BCUT2D eigenvalue weighted by Crippen LogP contribution is 2.26. The maximum atomic E-state index is 13.8. The number of oxazole rings is 1. The Labute approximate surface area is 124 Å². The molecule has 1 aromatic heterocycles. The molecule has 0 unspecified atom stereocenters. The zero-order valence-corrected chi connectivity index (χ0v) is 11.4. The molecule has 5 heteroatoms. The summed E-state index contributed by atoms with van der Waals surface area (Å²) in [6, 6.07) is 13.4. The maximum Gasteiger partial charge on any atom is 0.238 e. The van der Waals surface area contributed by atoms with Crippen LogP contribution in [0.25, 0.3) is 22.7 Å². The standard InChI is InChI=1S/C16H8ClFN2O/c17-12-4-3-5-13(18)11(12)8-10(9-19)16-20-14-6-1-2-7-15(14)21-16/h1-8H. The van der Waals surface area contributed by atoms with Crippen LogP contribution in [0.15, 0.2) is 46.9 Å². The molecule has 0 fully saturated rings. The molecule has 0 saturated heterocycles. The number of hydrogen-bond acceptors (Lipinski definition) is 3. The molecule has 0 amide bonds. The van der Waals surface area contributed by atoms with Crippen molar-refractivity contribution in [2.75, 3.05) is 0 Å². The molecule has 0 N–H and O–H groups in total. The van der Waals surface area contributed by atoms with Crippen LogP contribution in [0, 0.1) is 17.1 Å². The third-order valence-corrected chi connectivity index (χ3v) is 3.26. The van der Waals surface area contributed by atoms with Crippen LogP contribution in [-0.2, 0) is 0 Å². The highest BCUT2D eigenvalue weighted by atomic mass is 35.5. The van der Waals surface area contributed by atoms with Gasteiger partial charge in [0.05, 0.1) is 5.02 Å². The first-order valence-electron chi connectivity index (χ1n) is 6.11. The Bertz CT molecular complexity index is 839. The molecule has 1 heterocycles. The number of fused-ring (bicyclic) bond motifs is 1. The van der Waals surface area contributed by atoms with E-state index in [0.29, 0.717) is 11.1 Å². The van der Waals surface area contributed by atoms with Crippen molar-refractivity contribution in [3.8, 4) is 6.07 Å². The Hall–Kier alpha value is -2.64. The highest BCUT2D eigenvalue weighted by molar-refractivity contribution is 6.32. The normalized spacial score (nSPS) is 11.6. The van der Waals surface area contributed by atoms with Crippen LogP contribution < -0.4 is 0 Å². The van der Waals surface area contributed by atoms with Crippen molar-refractivity contribution in [1.29, 1.82) is 5.26 Å². The van der Waals surface area contributed by atoms with E-state index in [1.165, 1.54) is 18.2 Å². The van der Waals surface area contributed by atoms with E-state index in [-0.39, 0.29) is 22.0 Å². The van der Waals surface area contributed by atoms with Crippen LogP contribution in [-0.4, -0.2) is 4.98 Å². The van der Waals surface area contributed by atoms with E-state index < -0.39 is 5.82 Å². The van der Waals surface area contributed by atoms with E-state index >= 15 is 0 Å². The Morgan fingerprint density at radius 3 is 2.76 bits per heavy atom. The van der Waals surface area contributed by atoms with Gasteiger partial charge >= 0.3 is 0 Å². The molecule has 102 valence electrons. The van der Waals surface area contributed by atoms with Crippen LogP contribution in [0.4, 0.5) is 4.39 Å². The van der Waals surface area contributed by atoms with Gasteiger partial charge in [0.15, 0.2) is 5.58 Å². The molecule has 2 aromatic carbocycles. The predicted octanol–water partition coefficient (Wildman–Crippen LogP) is 4.68. The molecule has 0 saturated carbocycles. The van der Waals surface area contributed by atoms with Crippen molar-refractivity contribution in [2.45, 2.75) is 0 Å². The van der Waals surface area contributed by atoms with E-state index in [9.17, 15) is 9.65 Å². The summed E-state index contributed by atoms with van der Waals surface area (Å²) in [7, 11) is 0. The number of nitrogens with zero attached hydrogens (tertiary/aromatic N) is 2. The minimum Gasteiger partial charge on any atom is -0.435 e. The van der Waals surface area contributed by atoms with Gasteiger partial charge in [-0.3, -0.25) is 0 Å². The average Bonchev–Trinajstić information content (AvgIpc) is 2.90. The van der Waals surface area contributed by atoms with Gasteiger partial charge in [-0.1, -0.05) is 29.8 Å². The third kappa shape index (κ3) is 2.51. The van der Waals surface area contributed by atoms with Crippen molar-refractivity contribution >= 4 is 34.3 Å². The van der Waals surface area contributed by atoms with E-state index in [1.807, 2.05) is 12.1 Å². The van der Waals surface area contributed by atoms with Gasteiger partial charge in [0.25, 0.3) is 0 Å². The summed E-state index contributed by atoms with van der Waals surface area (Å²) in [6.45, 7) is 0. The molecule has 3 nitrogen and oxygen atoms in total. The van der Waals surface area contributed by atoms with Gasteiger partial charge in [-0.2, -0.15) is 5.26 Å². The molecule has 3 rings (SSSR count). The third-order valence-electron chi connectivity index (χ3n) is 2.93. The number of rotatable bonds is 2. The molecule has 3 aromatic rings. The average molecular weight is 299 g/mol. The lowest BCUT2D eigenvalue weighted by molar-refractivity contribution is 0.586. The fourth-order valence-corrected chi connectivity index (χ4v) is 2.14. The summed E-state index contributed by atoms with van der Waals surface area (Å²) in [6.07, 6.45) is 1.34. The van der Waals surface area contributed by atoms with Crippen LogP contribution in [0.3, 0.4) is 0 Å². The predicted molar refractivity (Wildman–Crippen MR) is 78.9 cm³/mol. The van der Waals surface area contributed by atoms with Gasteiger partial charge < -0.3 is 4.42 Å². The van der Waals surface area contributed by atoms with Crippen molar-refractivity contribution in [3.05, 3.63) is 64.8 Å². The zero-order chi connectivity index (χ0) is 14.8. The van der Waals surface area contributed by atoms with Crippen molar-refractivity contribution in [1.82, 2.24) is 4.98 Å². The molecule has 0 aliphatic rings. The summed E-state index contributed by atoms with van der Waals surface area (Å²) in [5.74, 6) is -0.371. The number of para-hydroxylation sites is 2. The molecule has 0 aliphatic heterocycles.